The average molecular weight is 329 g/mol. The molecule has 0 saturated carbocycles. The van der Waals surface area contributed by atoms with Crippen molar-refractivity contribution in [3.05, 3.63) is 33.8 Å². The molecule has 1 aromatic rings. The Hall–Kier alpha value is -0.320. The van der Waals surface area contributed by atoms with E-state index in [9.17, 15) is 5.11 Å². The van der Waals surface area contributed by atoms with Gasteiger partial charge in [0, 0.05) is 38.3 Å². The quantitative estimate of drug-likeness (QED) is 0.920. The van der Waals surface area contributed by atoms with Gasteiger partial charge in [-0.05, 0) is 43.5 Å². The summed E-state index contributed by atoms with van der Waals surface area (Å²) in [6, 6.07) is 6.99. The summed E-state index contributed by atoms with van der Waals surface area (Å²) in [5, 5.41) is 10.6. The molecule has 2 fully saturated rings. The molecule has 2 heterocycles. The maximum absolute atomic E-state index is 9.34. The normalized spacial score (nSPS) is 27.0. The van der Waals surface area contributed by atoms with Gasteiger partial charge in [0.25, 0.3) is 0 Å². The summed E-state index contributed by atoms with van der Waals surface area (Å²) in [5.74, 6) is 0. The van der Waals surface area contributed by atoms with Crippen molar-refractivity contribution in [1.82, 2.24) is 9.80 Å². The van der Waals surface area contributed by atoms with Gasteiger partial charge in [0.2, 0.25) is 0 Å². The minimum Gasteiger partial charge on any atom is -0.396 e. The molecule has 0 spiro atoms. The summed E-state index contributed by atoms with van der Waals surface area (Å²) in [5.41, 5.74) is 1.19. The Labute approximate surface area is 136 Å². The van der Waals surface area contributed by atoms with Crippen LogP contribution in [-0.2, 0) is 6.54 Å². The van der Waals surface area contributed by atoms with E-state index in [2.05, 4.69) is 9.80 Å². The lowest BCUT2D eigenvalue weighted by molar-refractivity contribution is 0.0333. The number of benzene rings is 1. The van der Waals surface area contributed by atoms with Crippen LogP contribution in [0.2, 0.25) is 10.0 Å². The molecule has 0 amide bonds. The molecule has 0 radical (unpaired) electrons. The molecule has 2 aliphatic rings. The van der Waals surface area contributed by atoms with E-state index in [1.54, 1.807) is 0 Å². The molecule has 0 aromatic heterocycles. The second kappa shape index (κ2) is 6.84. The van der Waals surface area contributed by atoms with Gasteiger partial charge in [0.05, 0.1) is 10.0 Å². The highest BCUT2D eigenvalue weighted by molar-refractivity contribution is 6.42. The van der Waals surface area contributed by atoms with Gasteiger partial charge in [0.15, 0.2) is 0 Å². The molecule has 2 aliphatic heterocycles. The number of aliphatic hydroxyl groups excluding tert-OH is 1. The van der Waals surface area contributed by atoms with E-state index < -0.39 is 0 Å². The molecule has 5 heteroatoms. The zero-order valence-electron chi connectivity index (χ0n) is 12.1. The summed E-state index contributed by atoms with van der Waals surface area (Å²) < 4.78 is 0. The van der Waals surface area contributed by atoms with E-state index >= 15 is 0 Å². The number of aliphatic hydroxyl groups is 1. The highest BCUT2D eigenvalue weighted by Gasteiger charge is 2.35. The fourth-order valence-electron chi connectivity index (χ4n) is 3.64. The summed E-state index contributed by atoms with van der Waals surface area (Å²) in [4.78, 5) is 5.09. The maximum atomic E-state index is 9.34. The van der Waals surface area contributed by atoms with Gasteiger partial charge in [0.1, 0.15) is 0 Å². The van der Waals surface area contributed by atoms with E-state index in [1.165, 1.54) is 24.9 Å². The molecule has 1 aromatic carbocycles. The number of halogens is 2. The summed E-state index contributed by atoms with van der Waals surface area (Å²) in [7, 11) is 0. The Morgan fingerprint density at radius 3 is 2.81 bits per heavy atom. The van der Waals surface area contributed by atoms with Gasteiger partial charge >= 0.3 is 0 Å². The number of nitrogens with zero attached hydrogens (tertiary/aromatic N) is 2. The Kier molecular flexibility index (Phi) is 5.07. The van der Waals surface area contributed by atoms with Crippen molar-refractivity contribution >= 4 is 23.2 Å². The first-order valence-corrected chi connectivity index (χ1v) is 8.46. The van der Waals surface area contributed by atoms with Crippen LogP contribution in [0.25, 0.3) is 0 Å². The van der Waals surface area contributed by atoms with Gasteiger partial charge in [-0.2, -0.15) is 0 Å². The van der Waals surface area contributed by atoms with Crippen molar-refractivity contribution in [2.45, 2.75) is 37.9 Å². The third-order valence-corrected chi connectivity index (χ3v) is 5.48. The topological polar surface area (TPSA) is 26.7 Å². The molecule has 3 rings (SSSR count). The van der Waals surface area contributed by atoms with Crippen LogP contribution in [0, 0.1) is 0 Å². The zero-order chi connectivity index (χ0) is 14.8. The van der Waals surface area contributed by atoms with Crippen LogP contribution in [0.1, 0.15) is 24.8 Å². The molecule has 2 saturated heterocycles. The van der Waals surface area contributed by atoms with Crippen molar-refractivity contribution in [2.75, 3.05) is 26.2 Å². The maximum Gasteiger partial charge on any atom is 0.0595 e. The van der Waals surface area contributed by atoms with Crippen LogP contribution in [0.15, 0.2) is 18.2 Å². The molecule has 0 aliphatic carbocycles. The number of fused-ring (bicyclic) bond motifs is 1. The second-order valence-corrected chi connectivity index (χ2v) is 6.95. The molecule has 2 atom stereocenters. The number of hydrogen-bond donors (Lipinski definition) is 1. The van der Waals surface area contributed by atoms with Crippen LogP contribution >= 0.6 is 23.2 Å². The summed E-state index contributed by atoms with van der Waals surface area (Å²) in [6.45, 7) is 4.51. The minimum absolute atomic E-state index is 0.251. The highest BCUT2D eigenvalue weighted by Crippen LogP contribution is 2.28. The summed E-state index contributed by atoms with van der Waals surface area (Å²) in [6.07, 6.45) is 3.44. The molecular formula is C16H22Cl2N2O. The number of piperazine rings is 1. The van der Waals surface area contributed by atoms with E-state index in [4.69, 9.17) is 23.2 Å². The molecule has 21 heavy (non-hydrogen) atoms. The fourth-order valence-corrected chi connectivity index (χ4v) is 3.96. The third kappa shape index (κ3) is 3.54. The number of hydrogen-bond acceptors (Lipinski definition) is 3. The van der Waals surface area contributed by atoms with E-state index in [-0.39, 0.29) is 6.61 Å². The Morgan fingerprint density at radius 2 is 2.05 bits per heavy atom. The molecule has 0 bridgehead atoms. The van der Waals surface area contributed by atoms with Crippen molar-refractivity contribution < 1.29 is 5.11 Å². The fraction of sp³-hybridized carbons (Fsp3) is 0.625. The lowest BCUT2D eigenvalue weighted by Gasteiger charge is -2.43. The summed E-state index contributed by atoms with van der Waals surface area (Å²) >= 11 is 12.1. The first-order valence-electron chi connectivity index (χ1n) is 7.70. The lowest BCUT2D eigenvalue weighted by Crippen LogP contribution is -2.55. The molecule has 0 unspecified atom stereocenters. The van der Waals surface area contributed by atoms with E-state index in [0.29, 0.717) is 22.1 Å². The van der Waals surface area contributed by atoms with Gasteiger partial charge < -0.3 is 5.11 Å². The largest absolute Gasteiger partial charge is 0.396 e. The van der Waals surface area contributed by atoms with Gasteiger partial charge in [-0.15, -0.1) is 0 Å². The van der Waals surface area contributed by atoms with Crippen molar-refractivity contribution in [3.8, 4) is 0 Å². The lowest BCUT2D eigenvalue weighted by atomic mass is 10.0. The molecular weight excluding hydrogens is 307 g/mol. The van der Waals surface area contributed by atoms with E-state index in [0.717, 1.165) is 26.1 Å². The average Bonchev–Trinajstić information content (AvgIpc) is 2.90. The zero-order valence-corrected chi connectivity index (χ0v) is 13.7. The van der Waals surface area contributed by atoms with E-state index in [1.807, 2.05) is 18.2 Å². The van der Waals surface area contributed by atoms with Crippen molar-refractivity contribution in [3.63, 3.8) is 0 Å². The predicted molar refractivity (Wildman–Crippen MR) is 87.0 cm³/mol. The first kappa shape index (κ1) is 15.6. The number of rotatable bonds is 4. The van der Waals surface area contributed by atoms with Crippen molar-refractivity contribution in [1.29, 1.82) is 0 Å². The standard InChI is InChI=1S/C16H22Cl2N2O/c17-15-4-3-12(8-16(15)18)9-20-11-13-2-1-6-19(13)10-14(20)5-7-21/h3-4,8,13-14,21H,1-2,5-7,9-11H2/t13-,14-/m0/s1. The molecule has 3 nitrogen and oxygen atoms in total. The first-order chi connectivity index (χ1) is 10.2. The van der Waals surface area contributed by atoms with Gasteiger partial charge in [-0.25, -0.2) is 0 Å². The second-order valence-electron chi connectivity index (χ2n) is 6.13. The third-order valence-electron chi connectivity index (χ3n) is 4.74. The highest BCUT2D eigenvalue weighted by atomic mass is 35.5. The monoisotopic (exact) mass is 328 g/mol. The molecule has 1 N–H and O–H groups in total. The van der Waals surface area contributed by atoms with Crippen LogP contribution in [0.5, 0.6) is 0 Å². The Morgan fingerprint density at radius 1 is 1.19 bits per heavy atom. The Balaban J connectivity index is 1.72. The van der Waals surface area contributed by atoms with Crippen LogP contribution < -0.4 is 0 Å². The van der Waals surface area contributed by atoms with Gasteiger partial charge in [-0.1, -0.05) is 29.3 Å². The SMILES string of the molecule is OCC[C@H]1CN2CCC[C@H]2CN1Cc1ccc(Cl)c(Cl)c1. The predicted octanol–water partition coefficient (Wildman–Crippen LogP) is 3.02. The van der Waals surface area contributed by atoms with Crippen molar-refractivity contribution in [2.24, 2.45) is 0 Å². The van der Waals surface area contributed by atoms with Gasteiger partial charge in [-0.3, -0.25) is 9.80 Å². The van der Waals surface area contributed by atoms with Crippen LogP contribution in [-0.4, -0.2) is 53.2 Å². The molecule has 116 valence electrons. The van der Waals surface area contributed by atoms with Crippen LogP contribution in [0.4, 0.5) is 0 Å². The smallest absolute Gasteiger partial charge is 0.0595 e. The minimum atomic E-state index is 0.251. The Bertz CT molecular complexity index is 497. The van der Waals surface area contributed by atoms with Crippen LogP contribution in [0.3, 0.4) is 0 Å².